The molecule has 2 aromatic carbocycles. The van der Waals surface area contributed by atoms with Gasteiger partial charge in [0.2, 0.25) is 0 Å². The number of rotatable bonds is 9. The lowest BCUT2D eigenvalue weighted by Gasteiger charge is -2.11. The molecule has 1 N–H and O–H groups in total. The molecule has 30 heavy (non-hydrogen) atoms. The number of hydrogen-bond acceptors (Lipinski definition) is 7. The molecule has 1 aromatic heterocycles. The van der Waals surface area contributed by atoms with Crippen molar-refractivity contribution in [2.45, 2.75) is 17.6 Å². The first-order valence-corrected chi connectivity index (χ1v) is 13.1. The minimum absolute atomic E-state index is 0.0613. The highest BCUT2D eigenvalue weighted by Gasteiger charge is 2.13. The Bertz CT molecular complexity index is 1130. The first-order chi connectivity index (χ1) is 14.3. The van der Waals surface area contributed by atoms with Gasteiger partial charge in [-0.2, -0.15) is 0 Å². The first kappa shape index (κ1) is 22.3. The van der Waals surface area contributed by atoms with Gasteiger partial charge in [-0.05, 0) is 31.2 Å². The van der Waals surface area contributed by atoms with Crippen LogP contribution >= 0.6 is 23.1 Å². The summed E-state index contributed by atoms with van der Waals surface area (Å²) in [6, 6.07) is 14.3. The molecule has 0 aliphatic carbocycles. The third-order valence-electron chi connectivity index (χ3n) is 3.99. The van der Waals surface area contributed by atoms with Crippen LogP contribution in [0.1, 0.15) is 21.1 Å². The number of anilines is 1. The molecule has 0 unspecified atom stereocenters. The Morgan fingerprint density at radius 2 is 2.00 bits per heavy atom. The number of amides is 1. The smallest absolute Gasteiger partial charge is 0.256 e. The molecule has 3 rings (SSSR count). The SMILES string of the molecule is Cc1nc(CSc2ccccc2C(=O)Nc2cccc(OCCS(C)(=O)=O)c2)cs1. The van der Waals surface area contributed by atoms with Crippen LogP contribution in [-0.2, 0) is 15.6 Å². The molecule has 0 bridgehead atoms. The maximum atomic E-state index is 12.8. The number of carbonyl (C=O) groups is 1. The molecule has 0 saturated carbocycles. The molecule has 0 spiro atoms. The molecule has 0 fully saturated rings. The second-order valence-electron chi connectivity index (χ2n) is 6.60. The van der Waals surface area contributed by atoms with Gasteiger partial charge in [-0.3, -0.25) is 4.79 Å². The van der Waals surface area contributed by atoms with Gasteiger partial charge < -0.3 is 10.1 Å². The van der Waals surface area contributed by atoms with E-state index in [-0.39, 0.29) is 18.3 Å². The standard InChI is InChI=1S/C21H22N2O4S3/c1-15-22-17(13-28-15)14-29-20-9-4-3-8-19(20)21(24)23-16-6-5-7-18(12-16)27-10-11-30(2,25)26/h3-9,12-13H,10-11,14H2,1-2H3,(H,23,24). The molecule has 1 amide bonds. The molecule has 0 aliphatic rings. The predicted molar refractivity (Wildman–Crippen MR) is 122 cm³/mol. The molecular formula is C21H22N2O4S3. The first-order valence-electron chi connectivity index (χ1n) is 9.15. The minimum Gasteiger partial charge on any atom is -0.492 e. The molecule has 1 heterocycles. The molecule has 0 aliphatic heterocycles. The number of benzene rings is 2. The van der Waals surface area contributed by atoms with Crippen molar-refractivity contribution in [1.29, 1.82) is 0 Å². The fourth-order valence-electron chi connectivity index (χ4n) is 2.58. The molecule has 9 heteroatoms. The van der Waals surface area contributed by atoms with Gasteiger partial charge in [-0.15, -0.1) is 23.1 Å². The van der Waals surface area contributed by atoms with Crippen LogP contribution in [0.25, 0.3) is 0 Å². The summed E-state index contributed by atoms with van der Waals surface area (Å²) in [4.78, 5) is 18.2. The Balaban J connectivity index is 1.65. The summed E-state index contributed by atoms with van der Waals surface area (Å²) >= 11 is 3.18. The van der Waals surface area contributed by atoms with Crippen LogP contribution in [-0.4, -0.2) is 37.9 Å². The van der Waals surface area contributed by atoms with Gasteiger partial charge in [0.15, 0.2) is 9.84 Å². The van der Waals surface area contributed by atoms with E-state index in [1.165, 1.54) is 0 Å². The minimum atomic E-state index is -3.09. The quantitative estimate of drug-likeness (QED) is 0.474. The van der Waals surface area contributed by atoms with Crippen LogP contribution in [0.15, 0.2) is 58.8 Å². The van der Waals surface area contributed by atoms with E-state index in [1.807, 2.05) is 30.5 Å². The zero-order valence-corrected chi connectivity index (χ0v) is 19.1. The number of hydrogen-bond donors (Lipinski definition) is 1. The number of ether oxygens (including phenoxy) is 1. The van der Waals surface area contributed by atoms with Gasteiger partial charge in [0, 0.05) is 34.0 Å². The maximum Gasteiger partial charge on any atom is 0.256 e. The van der Waals surface area contributed by atoms with Crippen molar-refractivity contribution in [2.75, 3.05) is 23.9 Å². The number of nitrogens with one attached hydrogen (secondary N) is 1. The fraction of sp³-hybridized carbons (Fsp3) is 0.238. The summed E-state index contributed by atoms with van der Waals surface area (Å²) in [6.07, 6.45) is 1.16. The number of sulfone groups is 1. The summed E-state index contributed by atoms with van der Waals surface area (Å²) in [5.41, 5.74) is 2.15. The van der Waals surface area contributed by atoms with Crippen molar-refractivity contribution in [2.24, 2.45) is 0 Å². The van der Waals surface area contributed by atoms with E-state index in [2.05, 4.69) is 10.3 Å². The van der Waals surface area contributed by atoms with Gasteiger partial charge in [-0.25, -0.2) is 13.4 Å². The summed E-state index contributed by atoms with van der Waals surface area (Å²) < 4.78 is 27.9. The number of thioether (sulfide) groups is 1. The second-order valence-corrected chi connectivity index (χ2v) is 10.9. The lowest BCUT2D eigenvalue weighted by molar-refractivity contribution is 0.102. The number of carbonyl (C=O) groups excluding carboxylic acids is 1. The topological polar surface area (TPSA) is 85.4 Å². The Morgan fingerprint density at radius 3 is 2.73 bits per heavy atom. The Kier molecular flexibility index (Phi) is 7.52. The monoisotopic (exact) mass is 462 g/mol. The van der Waals surface area contributed by atoms with E-state index in [4.69, 9.17) is 4.74 Å². The second kappa shape index (κ2) is 10.1. The molecule has 0 atom stereocenters. The van der Waals surface area contributed by atoms with Crippen LogP contribution in [0.3, 0.4) is 0 Å². The zero-order chi connectivity index (χ0) is 21.6. The van der Waals surface area contributed by atoms with Crippen molar-refractivity contribution in [3.63, 3.8) is 0 Å². The number of aryl methyl sites for hydroxylation is 1. The van der Waals surface area contributed by atoms with E-state index < -0.39 is 9.84 Å². The van der Waals surface area contributed by atoms with Crippen LogP contribution in [0.5, 0.6) is 5.75 Å². The highest BCUT2D eigenvalue weighted by atomic mass is 32.2. The van der Waals surface area contributed by atoms with Crippen LogP contribution in [0.4, 0.5) is 5.69 Å². The third kappa shape index (κ3) is 6.86. The Labute approximate surface area is 184 Å². The number of nitrogens with zero attached hydrogens (tertiary/aromatic N) is 1. The van der Waals surface area contributed by atoms with Gasteiger partial charge in [0.1, 0.15) is 12.4 Å². The highest BCUT2D eigenvalue weighted by molar-refractivity contribution is 7.98. The van der Waals surface area contributed by atoms with Crippen molar-refractivity contribution in [3.8, 4) is 5.75 Å². The van der Waals surface area contributed by atoms with E-state index >= 15 is 0 Å². The average Bonchev–Trinajstić information content (AvgIpc) is 3.11. The lowest BCUT2D eigenvalue weighted by Crippen LogP contribution is -2.14. The normalized spacial score (nSPS) is 11.3. The lowest BCUT2D eigenvalue weighted by atomic mass is 10.2. The molecular weight excluding hydrogens is 440 g/mol. The molecule has 158 valence electrons. The average molecular weight is 463 g/mol. The van der Waals surface area contributed by atoms with E-state index in [1.54, 1.807) is 53.4 Å². The van der Waals surface area contributed by atoms with E-state index in [0.717, 1.165) is 21.9 Å². The van der Waals surface area contributed by atoms with Gasteiger partial charge >= 0.3 is 0 Å². The summed E-state index contributed by atoms with van der Waals surface area (Å²) in [7, 11) is -3.09. The van der Waals surface area contributed by atoms with Crippen molar-refractivity contribution >= 4 is 44.5 Å². The summed E-state index contributed by atoms with van der Waals surface area (Å²) in [6.45, 7) is 2.03. The zero-order valence-electron chi connectivity index (χ0n) is 16.6. The molecule has 6 nitrogen and oxygen atoms in total. The highest BCUT2D eigenvalue weighted by Crippen LogP contribution is 2.28. The van der Waals surface area contributed by atoms with E-state index in [9.17, 15) is 13.2 Å². The van der Waals surface area contributed by atoms with Crippen LogP contribution in [0, 0.1) is 6.92 Å². The van der Waals surface area contributed by atoms with Gasteiger partial charge in [0.05, 0.1) is 22.0 Å². The molecule has 3 aromatic rings. The number of aromatic nitrogens is 1. The van der Waals surface area contributed by atoms with Gasteiger partial charge in [0.25, 0.3) is 5.91 Å². The largest absolute Gasteiger partial charge is 0.492 e. The molecule has 0 saturated heterocycles. The van der Waals surface area contributed by atoms with Gasteiger partial charge in [-0.1, -0.05) is 18.2 Å². The van der Waals surface area contributed by atoms with Crippen molar-refractivity contribution in [3.05, 3.63) is 70.2 Å². The molecule has 0 radical (unpaired) electrons. The van der Waals surface area contributed by atoms with Crippen molar-refractivity contribution in [1.82, 2.24) is 4.98 Å². The predicted octanol–water partition coefficient (Wildman–Crippen LogP) is 4.42. The van der Waals surface area contributed by atoms with Crippen LogP contribution < -0.4 is 10.1 Å². The third-order valence-corrected chi connectivity index (χ3v) is 6.83. The Hall–Kier alpha value is -2.36. The fourth-order valence-corrected chi connectivity index (χ4v) is 4.63. The Morgan fingerprint density at radius 1 is 1.20 bits per heavy atom. The number of thiazole rings is 1. The summed E-state index contributed by atoms with van der Waals surface area (Å²) in [5, 5.41) is 5.94. The van der Waals surface area contributed by atoms with Crippen molar-refractivity contribution < 1.29 is 17.9 Å². The maximum absolute atomic E-state index is 12.8. The van der Waals surface area contributed by atoms with Crippen LogP contribution in [0.2, 0.25) is 0 Å². The summed E-state index contributed by atoms with van der Waals surface area (Å²) in [5.74, 6) is 0.907. The van der Waals surface area contributed by atoms with E-state index in [0.29, 0.717) is 22.8 Å².